The van der Waals surface area contributed by atoms with Gasteiger partial charge in [0.05, 0.1) is 36.2 Å². The molecule has 0 bridgehead atoms. The number of aromatic nitrogens is 2. The van der Waals surface area contributed by atoms with E-state index in [0.29, 0.717) is 29.3 Å². The molecule has 0 atom stereocenters. The molecule has 0 aliphatic rings. The number of thiazole rings is 1. The van der Waals surface area contributed by atoms with Gasteiger partial charge in [-0.15, -0.1) is 11.3 Å². The molecule has 0 radical (unpaired) electrons. The van der Waals surface area contributed by atoms with Gasteiger partial charge in [0.25, 0.3) is 0 Å². The van der Waals surface area contributed by atoms with Gasteiger partial charge in [-0.2, -0.15) is 0 Å². The van der Waals surface area contributed by atoms with Crippen LogP contribution < -0.4 is 15.2 Å². The number of benzene rings is 2. The second-order valence-electron chi connectivity index (χ2n) is 7.65. The average molecular weight is 470 g/mol. The summed E-state index contributed by atoms with van der Waals surface area (Å²) < 4.78 is 12.7. The van der Waals surface area contributed by atoms with Crippen LogP contribution in [0, 0.1) is 0 Å². The van der Waals surface area contributed by atoms with Gasteiger partial charge < -0.3 is 19.6 Å². The predicted molar refractivity (Wildman–Crippen MR) is 136 cm³/mol. The fourth-order valence-electron chi connectivity index (χ4n) is 4.00. The van der Waals surface area contributed by atoms with Crippen LogP contribution in [0.4, 0.5) is 5.69 Å². The van der Waals surface area contributed by atoms with Crippen LogP contribution in [0.3, 0.4) is 0 Å². The normalized spacial score (nSPS) is 11.0. The van der Waals surface area contributed by atoms with Crippen LogP contribution in [0.5, 0.6) is 11.5 Å². The van der Waals surface area contributed by atoms with Crippen molar-refractivity contribution in [2.24, 2.45) is 0 Å². The van der Waals surface area contributed by atoms with Gasteiger partial charge in [-0.3, -0.25) is 4.79 Å². The Morgan fingerprint density at radius 1 is 1.06 bits per heavy atom. The third-order valence-electron chi connectivity index (χ3n) is 5.61. The number of nitrogens with zero attached hydrogens (tertiary/aromatic N) is 2. The summed E-state index contributed by atoms with van der Waals surface area (Å²) >= 11 is 1.50. The number of pyridine rings is 1. The van der Waals surface area contributed by atoms with Crippen molar-refractivity contribution in [1.29, 1.82) is 0 Å². The Morgan fingerprint density at radius 2 is 1.88 bits per heavy atom. The van der Waals surface area contributed by atoms with Crippen LogP contribution in [-0.2, 0) is 0 Å². The Labute approximate surface area is 201 Å². The van der Waals surface area contributed by atoms with E-state index in [1.165, 1.54) is 11.3 Å². The highest BCUT2D eigenvalue weighted by atomic mass is 32.1. The van der Waals surface area contributed by atoms with Crippen molar-refractivity contribution in [3.63, 3.8) is 0 Å². The first kappa shape index (κ1) is 21.7. The van der Waals surface area contributed by atoms with E-state index in [-0.39, 0.29) is 5.78 Å². The third kappa shape index (κ3) is 3.80. The van der Waals surface area contributed by atoms with Crippen LogP contribution in [0.2, 0.25) is 0 Å². The molecule has 6 nitrogen and oxygen atoms in total. The highest BCUT2D eigenvalue weighted by Crippen LogP contribution is 2.39. The van der Waals surface area contributed by atoms with Gasteiger partial charge >= 0.3 is 0 Å². The van der Waals surface area contributed by atoms with Crippen LogP contribution in [0.15, 0.2) is 78.3 Å². The molecule has 3 heterocycles. The molecule has 5 aromatic rings. The molecule has 3 aromatic heterocycles. The molecule has 2 aromatic carbocycles. The number of ketones is 1. The maximum Gasteiger partial charge on any atom is 0.212 e. The van der Waals surface area contributed by atoms with Crippen molar-refractivity contribution in [3.05, 3.63) is 89.6 Å². The van der Waals surface area contributed by atoms with Crippen LogP contribution in [0.1, 0.15) is 23.0 Å². The Bertz CT molecular complexity index is 1490. The summed E-state index contributed by atoms with van der Waals surface area (Å²) in [6, 6.07) is 20.7. The van der Waals surface area contributed by atoms with E-state index in [9.17, 15) is 4.79 Å². The van der Waals surface area contributed by atoms with Crippen LogP contribution in [-0.4, -0.2) is 28.9 Å². The molecule has 7 heteroatoms. The third-order valence-corrected chi connectivity index (χ3v) is 6.47. The molecule has 0 amide bonds. The van der Waals surface area contributed by atoms with Crippen LogP contribution >= 0.6 is 11.3 Å². The van der Waals surface area contributed by atoms with Gasteiger partial charge in [0.1, 0.15) is 22.2 Å². The lowest BCUT2D eigenvalue weighted by molar-refractivity contribution is 0.103. The molecule has 0 aliphatic heterocycles. The number of hydrogen-bond acceptors (Lipinski definition) is 6. The van der Waals surface area contributed by atoms with Gasteiger partial charge in [-0.1, -0.05) is 18.2 Å². The van der Waals surface area contributed by atoms with Crippen LogP contribution in [0.25, 0.3) is 27.3 Å². The monoisotopic (exact) mass is 469 g/mol. The topological polar surface area (TPSA) is 78.8 Å². The van der Waals surface area contributed by atoms with Crippen molar-refractivity contribution < 1.29 is 14.3 Å². The molecule has 0 saturated carbocycles. The van der Waals surface area contributed by atoms with Gasteiger partial charge in [-0.05, 0) is 55.5 Å². The highest BCUT2D eigenvalue weighted by molar-refractivity contribution is 7.13. The van der Waals surface area contributed by atoms with E-state index in [0.717, 1.165) is 33.1 Å². The fraction of sp³-hybridized carbons (Fsp3) is 0.111. The number of hydrogen-bond donors (Lipinski definition) is 1. The first-order chi connectivity index (χ1) is 16.6. The minimum Gasteiger partial charge on any atom is -0.497 e. The number of anilines is 1. The van der Waals surface area contributed by atoms with E-state index >= 15 is 0 Å². The maximum absolute atomic E-state index is 13.5. The predicted octanol–water partition coefficient (Wildman–Crippen LogP) is 5.95. The second kappa shape index (κ2) is 9.03. The SMILES string of the molecule is CCOc1ccc(-c2csc(-c3c(N)c(C(=O)c4cccc(OC)c4)n4ccccc34)n2)cc1. The molecule has 0 spiro atoms. The summed E-state index contributed by atoms with van der Waals surface area (Å²) in [6.45, 7) is 2.58. The molecular formula is C27H23N3O3S. The molecule has 5 rings (SSSR count). The van der Waals surface area contributed by atoms with E-state index in [4.69, 9.17) is 20.2 Å². The number of methoxy groups -OCH3 is 1. The molecule has 34 heavy (non-hydrogen) atoms. The van der Waals surface area contributed by atoms with Crippen molar-refractivity contribution in [2.75, 3.05) is 19.5 Å². The molecule has 0 unspecified atom stereocenters. The maximum atomic E-state index is 13.5. The summed E-state index contributed by atoms with van der Waals surface area (Å²) in [4.78, 5) is 18.4. The van der Waals surface area contributed by atoms with Gasteiger partial charge in [0.15, 0.2) is 0 Å². The molecule has 0 saturated heterocycles. The standard InChI is InChI=1S/C27H23N3O3S/c1-3-33-19-12-10-17(11-13-19)21-16-34-27(29-21)23-22-9-4-5-14-30(22)25(24(23)28)26(31)18-7-6-8-20(15-18)32-2/h4-16H,3,28H2,1-2H3. The number of fused-ring (bicyclic) bond motifs is 1. The highest BCUT2D eigenvalue weighted by Gasteiger charge is 2.25. The fourth-order valence-corrected chi connectivity index (χ4v) is 4.89. The van der Waals surface area contributed by atoms with Gasteiger partial charge in [0.2, 0.25) is 5.78 Å². The summed E-state index contributed by atoms with van der Waals surface area (Å²) in [7, 11) is 1.58. The quantitative estimate of drug-likeness (QED) is 0.298. The van der Waals surface area contributed by atoms with Crippen molar-refractivity contribution in [3.8, 4) is 33.3 Å². The number of carbonyl (C=O) groups is 1. The summed E-state index contributed by atoms with van der Waals surface area (Å²) in [5, 5.41) is 2.76. The zero-order valence-electron chi connectivity index (χ0n) is 18.8. The van der Waals surface area contributed by atoms with Gasteiger partial charge in [-0.25, -0.2) is 4.98 Å². The smallest absolute Gasteiger partial charge is 0.212 e. The van der Waals surface area contributed by atoms with E-state index < -0.39 is 0 Å². The number of rotatable bonds is 7. The second-order valence-corrected chi connectivity index (χ2v) is 8.51. The molecular weight excluding hydrogens is 446 g/mol. The number of carbonyl (C=O) groups excluding carboxylic acids is 1. The minimum atomic E-state index is -0.174. The molecule has 0 fully saturated rings. The molecule has 2 N–H and O–H groups in total. The lowest BCUT2D eigenvalue weighted by atomic mass is 10.1. The van der Waals surface area contributed by atoms with Gasteiger partial charge in [0, 0.05) is 22.7 Å². The minimum absolute atomic E-state index is 0.174. The zero-order valence-corrected chi connectivity index (χ0v) is 19.6. The van der Waals surface area contributed by atoms with E-state index in [1.54, 1.807) is 31.4 Å². The Morgan fingerprint density at radius 3 is 2.65 bits per heavy atom. The summed E-state index contributed by atoms with van der Waals surface area (Å²) in [5.41, 5.74) is 11.4. The van der Waals surface area contributed by atoms with E-state index in [1.807, 2.05) is 65.4 Å². The van der Waals surface area contributed by atoms with E-state index in [2.05, 4.69) is 0 Å². The summed E-state index contributed by atoms with van der Waals surface area (Å²) in [6.07, 6.45) is 1.85. The summed E-state index contributed by atoms with van der Waals surface area (Å²) in [5.74, 6) is 1.27. The lowest BCUT2D eigenvalue weighted by Gasteiger charge is -2.05. The number of nitrogen functional groups attached to an aromatic ring is 1. The Kier molecular flexibility index (Phi) is 5.77. The molecule has 0 aliphatic carbocycles. The first-order valence-corrected chi connectivity index (χ1v) is 11.7. The zero-order chi connectivity index (χ0) is 23.7. The Hall–Kier alpha value is -4.10. The Balaban J connectivity index is 1.59. The number of nitrogens with two attached hydrogens (primary N) is 1. The largest absolute Gasteiger partial charge is 0.497 e. The first-order valence-electron chi connectivity index (χ1n) is 10.9. The molecule has 170 valence electrons. The number of ether oxygens (including phenoxy) is 2. The van der Waals surface area contributed by atoms with Crippen molar-refractivity contribution in [1.82, 2.24) is 9.38 Å². The van der Waals surface area contributed by atoms with Crippen molar-refractivity contribution in [2.45, 2.75) is 6.92 Å². The lowest BCUT2D eigenvalue weighted by Crippen LogP contribution is -2.08. The van der Waals surface area contributed by atoms with Crippen molar-refractivity contribution >= 4 is 28.3 Å². The average Bonchev–Trinajstić information content (AvgIpc) is 3.46.